The van der Waals surface area contributed by atoms with Gasteiger partial charge in [0, 0.05) is 11.4 Å². The normalized spacial score (nSPS) is 8.43. The van der Waals surface area contributed by atoms with Gasteiger partial charge in [0.2, 0.25) is 0 Å². The lowest BCUT2D eigenvalue weighted by atomic mass is 10.3. The monoisotopic (exact) mass is 198 g/mol. The number of nitrogens with two attached hydrogens (primary N) is 3. The van der Waals surface area contributed by atoms with Crippen LogP contribution in [0.25, 0.3) is 0 Å². The Labute approximate surface area is 81.7 Å². The number of carboxylic acids is 1. The molecule has 0 aliphatic heterocycles. The van der Waals surface area contributed by atoms with E-state index in [2.05, 4.69) is 11.2 Å². The van der Waals surface area contributed by atoms with Crippen molar-refractivity contribution in [3.05, 3.63) is 24.3 Å². The number of nitrogen functional groups attached to an aromatic ring is 2. The first-order valence-corrected chi connectivity index (χ1v) is 3.84. The van der Waals surface area contributed by atoms with Gasteiger partial charge in [0.1, 0.15) is 0 Å². The Morgan fingerprint density at radius 2 is 1.79 bits per heavy atom. The molecule has 78 valence electrons. The molecule has 0 saturated heterocycles. The molecule has 8 N–H and O–H groups in total. The van der Waals surface area contributed by atoms with Crippen molar-refractivity contribution in [1.82, 2.24) is 0 Å². The molecule has 0 amide bonds. The van der Waals surface area contributed by atoms with Crippen molar-refractivity contribution in [3.8, 4) is 0 Å². The lowest BCUT2D eigenvalue weighted by molar-refractivity contribution is -0.135. The Bertz CT molecular complexity index is 273. The summed E-state index contributed by atoms with van der Waals surface area (Å²) >= 11 is 0. The lowest BCUT2D eigenvalue weighted by Gasteiger charge is -1.97. The summed E-state index contributed by atoms with van der Waals surface area (Å²) in [5.41, 5.74) is 14.1. The second-order valence-corrected chi connectivity index (χ2v) is 2.36. The van der Waals surface area contributed by atoms with Crippen molar-refractivity contribution in [3.63, 3.8) is 0 Å². The smallest absolute Gasteiger partial charge is 0.317 e. The highest BCUT2D eigenvalue weighted by atomic mass is 16.4. The molecule has 0 heterocycles. The number of carboxylic acid groups (broad SMARTS) is 1. The van der Waals surface area contributed by atoms with Crippen molar-refractivity contribution in [2.75, 3.05) is 17.7 Å². The number of hydrogen-bond acceptors (Lipinski definition) is 5. The molecule has 0 bridgehead atoms. The number of benzene rings is 1. The van der Waals surface area contributed by atoms with E-state index in [1.54, 1.807) is 12.1 Å². The Balaban J connectivity index is 0.000000292. The van der Waals surface area contributed by atoms with Crippen molar-refractivity contribution < 1.29 is 9.90 Å². The minimum Gasteiger partial charge on any atom is -0.480 e. The highest BCUT2D eigenvalue weighted by Gasteiger charge is 1.84. The number of carbonyl (C=O) groups is 1. The van der Waals surface area contributed by atoms with E-state index in [1.165, 1.54) is 0 Å². The summed E-state index contributed by atoms with van der Waals surface area (Å²) in [6, 6.07) is 7.20. The van der Waals surface area contributed by atoms with Gasteiger partial charge in [0.15, 0.2) is 0 Å². The zero-order valence-electron chi connectivity index (χ0n) is 7.60. The lowest BCUT2D eigenvalue weighted by Crippen LogP contribution is -2.10. The quantitative estimate of drug-likeness (QED) is 0.249. The largest absolute Gasteiger partial charge is 0.480 e. The van der Waals surface area contributed by atoms with E-state index in [0.29, 0.717) is 0 Å². The van der Waals surface area contributed by atoms with Gasteiger partial charge in [0.05, 0.1) is 6.54 Å². The Kier molecular flexibility index (Phi) is 5.84. The molecule has 0 aromatic heterocycles. The summed E-state index contributed by atoms with van der Waals surface area (Å²) in [5, 5.41) is 7.60. The number of aliphatic carboxylic acids is 1. The summed E-state index contributed by atoms with van der Waals surface area (Å²) in [7, 11) is 0. The van der Waals surface area contributed by atoms with Crippen LogP contribution < -0.4 is 22.7 Å². The average molecular weight is 198 g/mol. The van der Waals surface area contributed by atoms with Gasteiger partial charge in [0.25, 0.3) is 0 Å². The maximum absolute atomic E-state index is 9.24. The first-order valence-electron chi connectivity index (χ1n) is 3.84. The fourth-order valence-electron chi connectivity index (χ4n) is 0.579. The Morgan fingerprint density at radius 1 is 1.36 bits per heavy atom. The second kappa shape index (κ2) is 6.70. The number of hydrazine groups is 1. The minimum atomic E-state index is -0.968. The van der Waals surface area contributed by atoms with E-state index in [0.717, 1.165) is 11.4 Å². The second-order valence-electron chi connectivity index (χ2n) is 2.36. The van der Waals surface area contributed by atoms with Gasteiger partial charge in [-0.1, -0.05) is 0 Å². The van der Waals surface area contributed by atoms with E-state index in [9.17, 15) is 4.79 Å². The summed E-state index contributed by atoms with van der Waals surface area (Å²) in [5.74, 6) is 4.14. The van der Waals surface area contributed by atoms with Crippen LogP contribution in [0.5, 0.6) is 0 Å². The molecule has 1 aromatic rings. The van der Waals surface area contributed by atoms with Crippen LogP contribution in [-0.2, 0) is 4.79 Å². The molecule has 0 aliphatic rings. The highest BCUT2D eigenvalue weighted by Crippen LogP contribution is 2.07. The van der Waals surface area contributed by atoms with E-state index < -0.39 is 5.97 Å². The zero-order valence-corrected chi connectivity index (χ0v) is 7.60. The van der Waals surface area contributed by atoms with E-state index >= 15 is 0 Å². The number of anilines is 2. The molecule has 0 fully saturated rings. The van der Waals surface area contributed by atoms with Crippen molar-refractivity contribution in [2.45, 2.75) is 0 Å². The van der Waals surface area contributed by atoms with Crippen LogP contribution in [0.15, 0.2) is 24.3 Å². The van der Waals surface area contributed by atoms with Gasteiger partial charge in [-0.05, 0) is 24.3 Å². The van der Waals surface area contributed by atoms with Crippen LogP contribution in [-0.4, -0.2) is 17.6 Å². The number of nitrogens with one attached hydrogen (secondary N) is 1. The third kappa shape index (κ3) is 5.81. The van der Waals surface area contributed by atoms with E-state index in [-0.39, 0.29) is 6.54 Å². The fourth-order valence-corrected chi connectivity index (χ4v) is 0.579. The number of hydrogen-bond donors (Lipinski definition) is 5. The van der Waals surface area contributed by atoms with Crippen LogP contribution in [0, 0.1) is 0 Å². The summed E-state index contributed by atoms with van der Waals surface area (Å²) < 4.78 is 0. The average Bonchev–Trinajstić information content (AvgIpc) is 2.20. The molecule has 6 nitrogen and oxygen atoms in total. The van der Waals surface area contributed by atoms with E-state index in [1.807, 2.05) is 12.1 Å². The molecule has 1 rings (SSSR count). The number of rotatable bonds is 2. The van der Waals surface area contributed by atoms with Crippen LogP contribution in [0.3, 0.4) is 0 Å². The third-order valence-electron chi connectivity index (χ3n) is 1.25. The molecular formula is C8H14N4O2. The van der Waals surface area contributed by atoms with Crippen LogP contribution >= 0.6 is 0 Å². The molecule has 0 spiro atoms. The SMILES string of the molecule is NCC(=O)O.NNc1ccc(N)cc1. The Hall–Kier alpha value is -1.79. The Morgan fingerprint density at radius 3 is 2.07 bits per heavy atom. The molecule has 0 unspecified atom stereocenters. The van der Waals surface area contributed by atoms with Crippen molar-refractivity contribution >= 4 is 17.3 Å². The van der Waals surface area contributed by atoms with Gasteiger partial charge in [-0.2, -0.15) is 0 Å². The zero-order chi connectivity index (χ0) is 11.0. The fraction of sp³-hybridized carbons (Fsp3) is 0.125. The highest BCUT2D eigenvalue weighted by molar-refractivity contribution is 5.68. The summed E-state index contributed by atoms with van der Waals surface area (Å²) in [4.78, 5) is 9.24. The molecule has 0 saturated carbocycles. The van der Waals surface area contributed by atoms with Gasteiger partial charge >= 0.3 is 5.97 Å². The van der Waals surface area contributed by atoms with Gasteiger partial charge in [-0.25, -0.2) is 0 Å². The molecule has 14 heavy (non-hydrogen) atoms. The minimum absolute atomic E-state index is 0.278. The van der Waals surface area contributed by atoms with Crippen LogP contribution in [0.4, 0.5) is 11.4 Å². The summed E-state index contributed by atoms with van der Waals surface area (Å²) in [6.07, 6.45) is 0. The van der Waals surface area contributed by atoms with E-state index in [4.69, 9.17) is 16.7 Å². The van der Waals surface area contributed by atoms with Crippen LogP contribution in [0.2, 0.25) is 0 Å². The molecule has 0 aliphatic carbocycles. The molecular weight excluding hydrogens is 184 g/mol. The molecule has 6 heteroatoms. The first kappa shape index (κ1) is 12.2. The third-order valence-corrected chi connectivity index (χ3v) is 1.25. The van der Waals surface area contributed by atoms with Gasteiger partial charge in [-0.3, -0.25) is 10.6 Å². The molecule has 0 atom stereocenters. The predicted molar refractivity (Wildman–Crippen MR) is 55.4 cm³/mol. The van der Waals surface area contributed by atoms with Crippen molar-refractivity contribution in [2.24, 2.45) is 11.6 Å². The topological polar surface area (TPSA) is 127 Å². The predicted octanol–water partition coefficient (Wildman–Crippen LogP) is -0.416. The van der Waals surface area contributed by atoms with Gasteiger partial charge < -0.3 is 22.0 Å². The molecule has 0 radical (unpaired) electrons. The van der Waals surface area contributed by atoms with Crippen LogP contribution in [0.1, 0.15) is 0 Å². The molecule has 1 aromatic carbocycles. The summed E-state index contributed by atoms with van der Waals surface area (Å²) in [6.45, 7) is -0.278. The maximum Gasteiger partial charge on any atom is 0.317 e. The maximum atomic E-state index is 9.24. The first-order chi connectivity index (χ1) is 6.60. The van der Waals surface area contributed by atoms with Crippen molar-refractivity contribution in [1.29, 1.82) is 0 Å². The standard InChI is InChI=1S/C6H9N3.C2H5NO2/c7-5-1-3-6(9-8)4-2-5;3-1-2(4)5/h1-4,9H,7-8H2;1,3H2,(H,4,5). The van der Waals surface area contributed by atoms with Gasteiger partial charge in [-0.15, -0.1) is 0 Å².